The Bertz CT molecular complexity index is 1330. The van der Waals surface area contributed by atoms with Gasteiger partial charge in [-0.05, 0) is 81.2 Å². The fourth-order valence-corrected chi connectivity index (χ4v) is 8.78. The predicted octanol–water partition coefficient (Wildman–Crippen LogP) is 3.97. The van der Waals surface area contributed by atoms with E-state index < -0.39 is 27.3 Å². The summed E-state index contributed by atoms with van der Waals surface area (Å²) in [5.41, 5.74) is 7.79. The lowest BCUT2D eigenvalue weighted by molar-refractivity contribution is -0.119. The number of ether oxygens (including phenoxy) is 1. The monoisotopic (exact) mass is 606 g/mol. The summed E-state index contributed by atoms with van der Waals surface area (Å²) in [5, 5.41) is 6.99. The van der Waals surface area contributed by atoms with E-state index >= 15 is 4.39 Å². The zero-order valence-corrected chi connectivity index (χ0v) is 25.0. The number of piperazine rings is 1. The molecule has 2 saturated heterocycles. The fourth-order valence-electron chi connectivity index (χ4n) is 6.85. The molecule has 2 aromatic rings. The molecule has 1 aliphatic carbocycles. The van der Waals surface area contributed by atoms with Gasteiger partial charge in [0.15, 0.2) is 0 Å². The number of sulfonamides is 1. The van der Waals surface area contributed by atoms with Crippen LogP contribution in [0.1, 0.15) is 56.1 Å². The number of hydrogen-bond donors (Lipinski definition) is 3. The van der Waals surface area contributed by atoms with E-state index in [2.05, 4.69) is 10.6 Å². The number of rotatable bonds is 8. The molecule has 0 spiro atoms. The van der Waals surface area contributed by atoms with E-state index in [1.807, 2.05) is 24.3 Å². The van der Waals surface area contributed by atoms with Crippen molar-refractivity contribution in [3.8, 4) is 0 Å². The second-order valence-electron chi connectivity index (χ2n) is 11.7. The highest BCUT2D eigenvalue weighted by Gasteiger charge is 2.45. The minimum atomic E-state index is -3.35. The summed E-state index contributed by atoms with van der Waals surface area (Å²) >= 11 is 6.16. The molecule has 3 aliphatic rings. The SMILES string of the molecule is CO[C@H]1CC[C@@](c2ccc(Cl)cc2)([C@H](N)C(=O)Nc2cccc(F)c2CC[C@H]2CN[C@@H]3CCCS(=O)(=O)N2C3)CC1. The molecule has 1 amide bonds. The maximum Gasteiger partial charge on any atom is 0.242 e. The summed E-state index contributed by atoms with van der Waals surface area (Å²) in [6, 6.07) is 11.1. The zero-order chi connectivity index (χ0) is 29.2. The summed E-state index contributed by atoms with van der Waals surface area (Å²) in [6.45, 7) is 0.969. The van der Waals surface area contributed by atoms with Crippen LogP contribution in [0.5, 0.6) is 0 Å². The number of carbonyl (C=O) groups is 1. The molecule has 8 nitrogen and oxygen atoms in total. The molecule has 0 aromatic heterocycles. The Morgan fingerprint density at radius 3 is 2.66 bits per heavy atom. The van der Waals surface area contributed by atoms with Crippen LogP contribution in [0.4, 0.5) is 10.1 Å². The Kier molecular flexibility index (Phi) is 9.37. The van der Waals surface area contributed by atoms with Crippen molar-refractivity contribution >= 4 is 33.2 Å². The first-order chi connectivity index (χ1) is 19.6. The summed E-state index contributed by atoms with van der Waals surface area (Å²) in [7, 11) is -1.66. The normalized spacial score (nSPS) is 30.2. The van der Waals surface area contributed by atoms with Gasteiger partial charge >= 0.3 is 0 Å². The van der Waals surface area contributed by atoms with Crippen LogP contribution in [0.2, 0.25) is 5.02 Å². The summed E-state index contributed by atoms with van der Waals surface area (Å²) < 4.78 is 48.1. The average Bonchev–Trinajstić information content (AvgIpc) is 3.08. The number of fused-ring (bicyclic) bond motifs is 2. The Morgan fingerprint density at radius 2 is 1.95 bits per heavy atom. The first-order valence-electron chi connectivity index (χ1n) is 14.5. The average molecular weight is 607 g/mol. The molecule has 5 rings (SSSR count). The number of halogens is 2. The molecule has 3 fully saturated rings. The quantitative estimate of drug-likeness (QED) is 0.419. The highest BCUT2D eigenvalue weighted by molar-refractivity contribution is 7.89. The van der Waals surface area contributed by atoms with Crippen LogP contribution < -0.4 is 16.4 Å². The highest BCUT2D eigenvalue weighted by Crippen LogP contribution is 2.43. The van der Waals surface area contributed by atoms with Gasteiger partial charge < -0.3 is 21.1 Å². The molecule has 1 saturated carbocycles. The van der Waals surface area contributed by atoms with E-state index in [4.69, 9.17) is 22.1 Å². The van der Waals surface area contributed by atoms with Gasteiger partial charge in [-0.25, -0.2) is 12.8 Å². The van der Waals surface area contributed by atoms with Crippen LogP contribution in [0.15, 0.2) is 42.5 Å². The number of nitrogens with one attached hydrogen (secondary N) is 2. The van der Waals surface area contributed by atoms with Gasteiger partial charge in [-0.2, -0.15) is 4.31 Å². The molecule has 2 aliphatic heterocycles. The number of benzene rings is 2. The molecular weight excluding hydrogens is 567 g/mol. The largest absolute Gasteiger partial charge is 0.381 e. The van der Waals surface area contributed by atoms with Crippen molar-refractivity contribution in [2.45, 2.75) is 81.0 Å². The van der Waals surface area contributed by atoms with Gasteiger partial charge in [-0.15, -0.1) is 0 Å². The first-order valence-corrected chi connectivity index (χ1v) is 16.5. The Hall–Kier alpha value is -2.08. The lowest BCUT2D eigenvalue weighted by Gasteiger charge is -2.43. The van der Waals surface area contributed by atoms with Crippen molar-refractivity contribution in [2.75, 3.05) is 31.3 Å². The number of amides is 1. The van der Waals surface area contributed by atoms with E-state index in [1.165, 1.54) is 6.07 Å². The summed E-state index contributed by atoms with van der Waals surface area (Å²) in [6.07, 6.45) is 5.14. The Morgan fingerprint density at radius 1 is 1.22 bits per heavy atom. The zero-order valence-electron chi connectivity index (χ0n) is 23.5. The van der Waals surface area contributed by atoms with E-state index in [1.54, 1.807) is 23.5 Å². The molecule has 4 N–H and O–H groups in total. The van der Waals surface area contributed by atoms with Crippen molar-refractivity contribution < 1.29 is 22.3 Å². The third kappa shape index (κ3) is 6.48. The highest BCUT2D eigenvalue weighted by atomic mass is 35.5. The molecule has 2 heterocycles. The lowest BCUT2D eigenvalue weighted by Crippen LogP contribution is -2.57. The third-order valence-electron chi connectivity index (χ3n) is 9.32. The van der Waals surface area contributed by atoms with Crippen LogP contribution in [-0.2, 0) is 31.4 Å². The molecule has 0 radical (unpaired) electrons. The molecule has 2 aromatic carbocycles. The van der Waals surface area contributed by atoms with Gasteiger partial charge in [-0.3, -0.25) is 4.79 Å². The number of nitrogens with zero attached hydrogens (tertiary/aromatic N) is 1. The van der Waals surface area contributed by atoms with Gasteiger partial charge in [0.25, 0.3) is 0 Å². The predicted molar refractivity (Wildman–Crippen MR) is 159 cm³/mol. The molecule has 224 valence electrons. The number of methoxy groups -OCH3 is 1. The topological polar surface area (TPSA) is 114 Å². The van der Waals surface area contributed by atoms with Gasteiger partial charge in [0.05, 0.1) is 17.9 Å². The molecule has 11 heteroatoms. The second kappa shape index (κ2) is 12.7. The number of hydrogen-bond acceptors (Lipinski definition) is 6. The maximum atomic E-state index is 15.2. The number of carbonyl (C=O) groups excluding carboxylic acids is 1. The van der Waals surface area contributed by atoms with Crippen molar-refractivity contribution in [2.24, 2.45) is 5.73 Å². The van der Waals surface area contributed by atoms with Crippen molar-refractivity contribution in [1.29, 1.82) is 0 Å². The van der Waals surface area contributed by atoms with Gasteiger partial charge in [0, 0.05) is 54.0 Å². The molecule has 2 bridgehead atoms. The van der Waals surface area contributed by atoms with Crippen molar-refractivity contribution in [3.05, 3.63) is 64.4 Å². The third-order valence-corrected chi connectivity index (χ3v) is 11.5. The van der Waals surface area contributed by atoms with E-state index in [0.29, 0.717) is 55.0 Å². The smallest absolute Gasteiger partial charge is 0.242 e. The second-order valence-corrected chi connectivity index (χ2v) is 14.1. The van der Waals surface area contributed by atoms with Crippen LogP contribution in [0, 0.1) is 5.82 Å². The maximum absolute atomic E-state index is 15.2. The van der Waals surface area contributed by atoms with Crippen LogP contribution in [0.25, 0.3) is 0 Å². The Labute approximate surface area is 247 Å². The minimum absolute atomic E-state index is 0.109. The number of anilines is 1. The van der Waals surface area contributed by atoms with Gasteiger partial charge in [0.2, 0.25) is 15.9 Å². The fraction of sp³-hybridized carbons (Fsp3) is 0.567. The van der Waals surface area contributed by atoms with Crippen LogP contribution in [0.3, 0.4) is 0 Å². The van der Waals surface area contributed by atoms with E-state index in [-0.39, 0.29) is 36.3 Å². The van der Waals surface area contributed by atoms with Crippen LogP contribution >= 0.6 is 11.6 Å². The molecule has 1 unspecified atom stereocenters. The lowest BCUT2D eigenvalue weighted by atomic mass is 9.64. The van der Waals surface area contributed by atoms with E-state index in [9.17, 15) is 13.2 Å². The van der Waals surface area contributed by atoms with Crippen LogP contribution in [-0.4, -0.2) is 68.8 Å². The van der Waals surface area contributed by atoms with Crippen molar-refractivity contribution in [3.63, 3.8) is 0 Å². The van der Waals surface area contributed by atoms with Crippen molar-refractivity contribution in [1.82, 2.24) is 9.62 Å². The van der Waals surface area contributed by atoms with Gasteiger partial charge in [0.1, 0.15) is 5.82 Å². The Balaban J connectivity index is 1.34. The standard InChI is InChI=1S/C30H40ClFN4O4S/c1-40-24-13-15-30(16-14-24,20-7-9-21(31)10-8-20)28(33)29(37)35-27-6-2-5-26(32)25(27)12-11-23-18-34-22-4-3-17-41(38,39)36(23)19-22/h2,5-10,22-24,28,34H,3-4,11-19,33H2,1H3,(H,35,37)/t22-,23+,24-,28-,30+/m1/s1. The van der Waals surface area contributed by atoms with E-state index in [0.717, 1.165) is 24.8 Å². The minimum Gasteiger partial charge on any atom is -0.381 e. The molecule has 4 atom stereocenters. The summed E-state index contributed by atoms with van der Waals surface area (Å²) in [4.78, 5) is 13.7. The summed E-state index contributed by atoms with van der Waals surface area (Å²) in [5.74, 6) is -0.689. The first kappa shape index (κ1) is 30.4. The molecule has 41 heavy (non-hydrogen) atoms. The van der Waals surface area contributed by atoms with Gasteiger partial charge in [-0.1, -0.05) is 29.8 Å². The molecular formula is C30H40ClFN4O4S. The number of nitrogens with two attached hydrogens (primary N) is 1.